The monoisotopic (exact) mass is 393 g/mol. The number of nitrogens with zero attached hydrogens (tertiary/aromatic N) is 3. The molecule has 150 valence electrons. The van der Waals surface area contributed by atoms with Gasteiger partial charge in [-0.1, -0.05) is 0 Å². The molecule has 4 rings (SSSR count). The second kappa shape index (κ2) is 7.78. The van der Waals surface area contributed by atoms with Gasteiger partial charge in [-0.2, -0.15) is 0 Å². The summed E-state index contributed by atoms with van der Waals surface area (Å²) in [5.74, 6) is 0.0786. The molecule has 2 unspecified atom stereocenters. The minimum absolute atomic E-state index is 0.286. The van der Waals surface area contributed by atoms with Crippen LogP contribution in [-0.4, -0.2) is 35.1 Å². The largest absolute Gasteiger partial charge is 0.465 e. The van der Waals surface area contributed by atoms with Gasteiger partial charge in [0.1, 0.15) is 11.5 Å². The van der Waals surface area contributed by atoms with Gasteiger partial charge in [-0.15, -0.1) is 0 Å². The molecule has 0 radical (unpaired) electrons. The zero-order chi connectivity index (χ0) is 20.5. The van der Waals surface area contributed by atoms with Crippen molar-refractivity contribution in [1.82, 2.24) is 9.97 Å². The lowest BCUT2D eigenvalue weighted by molar-refractivity contribution is 0.0601. The number of benzene rings is 2. The number of hydrogen-bond donors (Lipinski definition) is 0. The van der Waals surface area contributed by atoms with Crippen molar-refractivity contribution in [3.63, 3.8) is 0 Å². The van der Waals surface area contributed by atoms with Crippen molar-refractivity contribution in [3.8, 4) is 11.3 Å². The number of ether oxygens (including phenoxy) is 1. The summed E-state index contributed by atoms with van der Waals surface area (Å²) in [5, 5.41) is 0. The Morgan fingerprint density at radius 2 is 1.72 bits per heavy atom. The van der Waals surface area contributed by atoms with Crippen molar-refractivity contribution in [2.24, 2.45) is 0 Å². The number of methoxy groups -OCH3 is 1. The molecule has 0 amide bonds. The fourth-order valence-electron chi connectivity index (χ4n) is 4.11. The van der Waals surface area contributed by atoms with Crippen LogP contribution in [0.2, 0.25) is 0 Å². The summed E-state index contributed by atoms with van der Waals surface area (Å²) in [6.45, 7) is 4.39. The van der Waals surface area contributed by atoms with E-state index in [0.29, 0.717) is 28.7 Å². The highest BCUT2D eigenvalue weighted by Gasteiger charge is 2.29. The highest BCUT2D eigenvalue weighted by molar-refractivity contribution is 5.94. The number of esters is 1. The third-order valence-corrected chi connectivity index (χ3v) is 5.62. The molecule has 2 aromatic carbocycles. The van der Waals surface area contributed by atoms with Crippen LogP contribution in [0.4, 0.5) is 10.2 Å². The summed E-state index contributed by atoms with van der Waals surface area (Å²) in [6.07, 6.45) is 3.34. The molecule has 3 aromatic rings. The molecule has 2 atom stereocenters. The minimum atomic E-state index is -0.405. The highest BCUT2D eigenvalue weighted by atomic mass is 19.1. The minimum Gasteiger partial charge on any atom is -0.465 e. The molecule has 5 nitrogen and oxygen atoms in total. The second-order valence-electron chi connectivity index (χ2n) is 7.63. The maximum atomic E-state index is 13.5. The highest BCUT2D eigenvalue weighted by Crippen LogP contribution is 2.36. The number of fused-ring (bicyclic) bond motifs is 1. The lowest BCUT2D eigenvalue weighted by atomic mass is 9.96. The fraction of sp³-hybridized carbons (Fsp3) is 0.348. The number of anilines is 1. The molecular weight excluding hydrogens is 369 g/mol. The van der Waals surface area contributed by atoms with Crippen LogP contribution >= 0.6 is 0 Å². The topological polar surface area (TPSA) is 55.3 Å². The molecule has 1 fully saturated rings. The molecule has 0 bridgehead atoms. The van der Waals surface area contributed by atoms with E-state index in [1.807, 2.05) is 0 Å². The molecular formula is C23H24FN3O2. The molecule has 0 aliphatic carbocycles. The number of piperidine rings is 1. The smallest absolute Gasteiger partial charge is 0.337 e. The Morgan fingerprint density at radius 3 is 2.38 bits per heavy atom. The Bertz CT molecular complexity index is 1040. The van der Waals surface area contributed by atoms with Crippen molar-refractivity contribution in [2.75, 3.05) is 12.0 Å². The van der Waals surface area contributed by atoms with E-state index in [1.54, 1.807) is 30.3 Å². The van der Waals surface area contributed by atoms with Crippen LogP contribution in [0.25, 0.3) is 22.3 Å². The molecule has 1 aliphatic rings. The maximum Gasteiger partial charge on any atom is 0.337 e. The van der Waals surface area contributed by atoms with Gasteiger partial charge < -0.3 is 9.64 Å². The van der Waals surface area contributed by atoms with Crippen LogP contribution in [0, 0.1) is 5.82 Å². The van der Waals surface area contributed by atoms with E-state index in [1.165, 1.54) is 25.7 Å². The SMILES string of the molecule is COC(=O)c1ccc2nc(-c3ccc(F)cc3)c(N3C(C)CCCC3C)nc2c1. The maximum absolute atomic E-state index is 13.5. The van der Waals surface area contributed by atoms with Crippen LogP contribution in [0.3, 0.4) is 0 Å². The van der Waals surface area contributed by atoms with E-state index < -0.39 is 5.97 Å². The van der Waals surface area contributed by atoms with Gasteiger partial charge in [0.15, 0.2) is 5.82 Å². The summed E-state index contributed by atoms with van der Waals surface area (Å²) < 4.78 is 18.3. The van der Waals surface area contributed by atoms with Crippen molar-refractivity contribution < 1.29 is 13.9 Å². The molecule has 1 saturated heterocycles. The van der Waals surface area contributed by atoms with Gasteiger partial charge in [0, 0.05) is 17.6 Å². The van der Waals surface area contributed by atoms with Gasteiger partial charge in [0.2, 0.25) is 0 Å². The summed E-state index contributed by atoms with van der Waals surface area (Å²) in [7, 11) is 1.36. The van der Waals surface area contributed by atoms with E-state index in [4.69, 9.17) is 14.7 Å². The van der Waals surface area contributed by atoms with E-state index in [2.05, 4.69) is 18.7 Å². The van der Waals surface area contributed by atoms with E-state index in [9.17, 15) is 9.18 Å². The van der Waals surface area contributed by atoms with Gasteiger partial charge >= 0.3 is 5.97 Å². The Balaban J connectivity index is 1.93. The Morgan fingerprint density at radius 1 is 1.03 bits per heavy atom. The zero-order valence-corrected chi connectivity index (χ0v) is 16.9. The average molecular weight is 393 g/mol. The van der Waals surface area contributed by atoms with Gasteiger partial charge in [-0.25, -0.2) is 19.2 Å². The molecule has 0 N–H and O–H groups in total. The number of halogens is 1. The molecule has 1 aliphatic heterocycles. The molecule has 6 heteroatoms. The lowest BCUT2D eigenvalue weighted by Crippen LogP contribution is -2.44. The van der Waals surface area contributed by atoms with Gasteiger partial charge in [-0.05, 0) is 75.6 Å². The normalized spacial score (nSPS) is 19.4. The van der Waals surface area contributed by atoms with Crippen molar-refractivity contribution in [2.45, 2.75) is 45.2 Å². The first-order valence-electron chi connectivity index (χ1n) is 9.92. The third kappa shape index (κ3) is 3.67. The fourth-order valence-corrected chi connectivity index (χ4v) is 4.11. The Labute approximate surface area is 169 Å². The standard InChI is InChI=1S/C23H24FN3O2/c1-14-5-4-6-15(2)27(14)22-21(16-7-10-18(24)11-8-16)25-19-12-9-17(23(28)29-3)13-20(19)26-22/h7-15H,4-6H2,1-3H3. The van der Waals surface area contributed by atoms with E-state index in [0.717, 1.165) is 29.9 Å². The predicted molar refractivity (Wildman–Crippen MR) is 112 cm³/mol. The summed E-state index contributed by atoms with van der Waals surface area (Å²) in [6, 6.07) is 12.1. The number of rotatable bonds is 3. The van der Waals surface area contributed by atoms with E-state index >= 15 is 0 Å². The number of hydrogen-bond acceptors (Lipinski definition) is 5. The Kier molecular flexibility index (Phi) is 5.18. The van der Waals surface area contributed by atoms with Gasteiger partial charge in [-0.3, -0.25) is 0 Å². The molecule has 1 aromatic heterocycles. The van der Waals surface area contributed by atoms with Crippen LogP contribution in [-0.2, 0) is 4.74 Å². The number of aromatic nitrogens is 2. The van der Waals surface area contributed by atoms with Gasteiger partial charge in [0.25, 0.3) is 0 Å². The first-order valence-corrected chi connectivity index (χ1v) is 9.92. The second-order valence-corrected chi connectivity index (χ2v) is 7.63. The van der Waals surface area contributed by atoms with Crippen LogP contribution < -0.4 is 4.90 Å². The first kappa shape index (κ1) is 19.3. The lowest BCUT2D eigenvalue weighted by Gasteiger charge is -2.40. The first-order chi connectivity index (χ1) is 14.0. The van der Waals surface area contributed by atoms with Crippen molar-refractivity contribution in [1.29, 1.82) is 0 Å². The third-order valence-electron chi connectivity index (χ3n) is 5.62. The number of carbonyl (C=O) groups is 1. The van der Waals surface area contributed by atoms with Gasteiger partial charge in [0.05, 0.1) is 23.7 Å². The molecule has 0 saturated carbocycles. The quantitative estimate of drug-likeness (QED) is 0.587. The molecule has 0 spiro atoms. The number of carbonyl (C=O) groups excluding carboxylic acids is 1. The molecule has 29 heavy (non-hydrogen) atoms. The van der Waals surface area contributed by atoms with Crippen LogP contribution in [0.5, 0.6) is 0 Å². The van der Waals surface area contributed by atoms with Crippen molar-refractivity contribution in [3.05, 3.63) is 53.8 Å². The Hall–Kier alpha value is -3.02. The van der Waals surface area contributed by atoms with Crippen LogP contribution in [0.15, 0.2) is 42.5 Å². The average Bonchev–Trinajstić information content (AvgIpc) is 2.72. The predicted octanol–water partition coefficient (Wildman–Crippen LogP) is 4.99. The van der Waals surface area contributed by atoms with Crippen LogP contribution in [0.1, 0.15) is 43.5 Å². The summed E-state index contributed by atoms with van der Waals surface area (Å²) in [5.41, 5.74) is 3.30. The molecule has 2 heterocycles. The summed E-state index contributed by atoms with van der Waals surface area (Å²) in [4.78, 5) is 24.1. The summed E-state index contributed by atoms with van der Waals surface area (Å²) >= 11 is 0. The zero-order valence-electron chi connectivity index (χ0n) is 16.9. The van der Waals surface area contributed by atoms with E-state index in [-0.39, 0.29) is 5.82 Å². The van der Waals surface area contributed by atoms with Crippen molar-refractivity contribution >= 4 is 22.8 Å².